The topological polar surface area (TPSA) is 65.0 Å². The van der Waals surface area contributed by atoms with E-state index in [1.165, 1.54) is 12.1 Å². The fourth-order valence-corrected chi connectivity index (χ4v) is 2.13. The normalized spacial score (nSPS) is 10.0. The van der Waals surface area contributed by atoms with Gasteiger partial charge in [-0.15, -0.1) is 0 Å². The lowest BCUT2D eigenvalue weighted by Gasteiger charge is -2.16. The zero-order valence-corrected chi connectivity index (χ0v) is 12.0. The van der Waals surface area contributed by atoms with Crippen molar-refractivity contribution in [1.29, 1.82) is 0 Å². The molecule has 2 rings (SSSR count). The van der Waals surface area contributed by atoms with E-state index in [1.807, 2.05) is 0 Å². The average molecular weight is 288 g/mol. The number of carbonyl (C=O) groups is 1. The first-order chi connectivity index (χ1) is 10.1. The predicted octanol–water partition coefficient (Wildman–Crippen LogP) is 3.08. The molecule has 0 heterocycles. The van der Waals surface area contributed by atoms with Crippen molar-refractivity contribution < 1.29 is 24.1 Å². The molecule has 0 atom stereocenters. The summed E-state index contributed by atoms with van der Waals surface area (Å²) < 4.78 is 16.1. The van der Waals surface area contributed by atoms with Crippen molar-refractivity contribution in [2.24, 2.45) is 0 Å². The minimum Gasteiger partial charge on any atom is -0.496 e. The molecule has 0 bridgehead atoms. The molecule has 0 saturated heterocycles. The largest absolute Gasteiger partial charge is 0.496 e. The minimum absolute atomic E-state index is 0.222. The first-order valence-corrected chi connectivity index (χ1v) is 6.25. The van der Waals surface area contributed by atoms with E-state index < -0.39 is 5.97 Å². The molecule has 0 aliphatic heterocycles. The lowest BCUT2D eigenvalue weighted by Crippen LogP contribution is -1.98. The lowest BCUT2D eigenvalue weighted by molar-refractivity contribution is 0.0697. The molecule has 0 unspecified atom stereocenters. The van der Waals surface area contributed by atoms with E-state index in [1.54, 1.807) is 45.6 Å². The second-order valence-corrected chi connectivity index (χ2v) is 4.26. The molecule has 0 fully saturated rings. The third kappa shape index (κ3) is 2.76. The number of benzene rings is 2. The fraction of sp³-hybridized carbons (Fsp3) is 0.188. The van der Waals surface area contributed by atoms with Gasteiger partial charge in [0.05, 0.1) is 32.5 Å². The van der Waals surface area contributed by atoms with Crippen LogP contribution in [0, 0.1) is 0 Å². The quantitative estimate of drug-likeness (QED) is 0.916. The molecule has 0 amide bonds. The van der Waals surface area contributed by atoms with Gasteiger partial charge in [-0.25, -0.2) is 4.79 Å². The Balaban J connectivity index is 2.62. The van der Waals surface area contributed by atoms with Crippen molar-refractivity contribution in [2.75, 3.05) is 21.3 Å². The van der Waals surface area contributed by atoms with Crippen LogP contribution in [-0.2, 0) is 0 Å². The van der Waals surface area contributed by atoms with Crippen LogP contribution in [0.4, 0.5) is 0 Å². The molecule has 2 aromatic rings. The first-order valence-electron chi connectivity index (χ1n) is 6.25. The molecule has 5 heteroatoms. The molecule has 0 aliphatic rings. The number of carboxylic acid groups (broad SMARTS) is 1. The van der Waals surface area contributed by atoms with Gasteiger partial charge in [-0.1, -0.05) is 12.1 Å². The number of aromatic carboxylic acids is 1. The number of carboxylic acids is 1. The van der Waals surface area contributed by atoms with Gasteiger partial charge in [-0.05, 0) is 29.8 Å². The first kappa shape index (κ1) is 14.7. The second-order valence-electron chi connectivity index (χ2n) is 4.26. The summed E-state index contributed by atoms with van der Waals surface area (Å²) in [7, 11) is 4.67. The van der Waals surface area contributed by atoms with Crippen LogP contribution in [0.5, 0.6) is 17.2 Å². The van der Waals surface area contributed by atoms with Gasteiger partial charge in [0, 0.05) is 0 Å². The van der Waals surface area contributed by atoms with E-state index in [0.717, 1.165) is 11.1 Å². The Morgan fingerprint density at radius 3 is 1.90 bits per heavy atom. The highest BCUT2D eigenvalue weighted by atomic mass is 16.5. The van der Waals surface area contributed by atoms with Crippen LogP contribution in [0.25, 0.3) is 11.1 Å². The van der Waals surface area contributed by atoms with Crippen molar-refractivity contribution in [2.45, 2.75) is 0 Å². The van der Waals surface area contributed by atoms with Crippen LogP contribution in [0.3, 0.4) is 0 Å². The maximum atomic E-state index is 10.9. The average Bonchev–Trinajstić information content (AvgIpc) is 2.53. The number of hydrogen-bond acceptors (Lipinski definition) is 4. The Labute approximate surface area is 122 Å². The highest BCUT2D eigenvalue weighted by molar-refractivity contribution is 5.89. The molecule has 110 valence electrons. The zero-order chi connectivity index (χ0) is 15.4. The van der Waals surface area contributed by atoms with Crippen LogP contribution in [0.15, 0.2) is 36.4 Å². The highest BCUT2D eigenvalue weighted by Crippen LogP contribution is 2.44. The Morgan fingerprint density at radius 1 is 0.857 bits per heavy atom. The third-order valence-corrected chi connectivity index (χ3v) is 3.15. The van der Waals surface area contributed by atoms with Gasteiger partial charge in [0.2, 0.25) is 0 Å². The lowest BCUT2D eigenvalue weighted by atomic mass is 10.0. The molecule has 0 aliphatic carbocycles. The Kier molecular flexibility index (Phi) is 4.33. The summed E-state index contributed by atoms with van der Waals surface area (Å²) in [6.45, 7) is 0. The molecule has 0 saturated carbocycles. The van der Waals surface area contributed by atoms with E-state index in [9.17, 15) is 4.79 Å². The van der Waals surface area contributed by atoms with Crippen molar-refractivity contribution in [3.63, 3.8) is 0 Å². The summed E-state index contributed by atoms with van der Waals surface area (Å²) in [6.07, 6.45) is 0. The van der Waals surface area contributed by atoms with Crippen molar-refractivity contribution in [3.8, 4) is 28.4 Å². The standard InChI is InChI=1S/C16H16O5/c1-19-12-8-9-13(20-2)15(21-3)14(12)10-4-6-11(7-5-10)16(17)18/h4-9H,1-3H3,(H,17,18). The summed E-state index contributed by atoms with van der Waals surface area (Å²) in [6, 6.07) is 10.0. The van der Waals surface area contributed by atoms with Gasteiger partial charge in [-0.3, -0.25) is 0 Å². The van der Waals surface area contributed by atoms with Crippen molar-refractivity contribution in [3.05, 3.63) is 42.0 Å². The summed E-state index contributed by atoms with van der Waals surface area (Å²) in [5.41, 5.74) is 1.73. The van der Waals surface area contributed by atoms with Crippen molar-refractivity contribution in [1.82, 2.24) is 0 Å². The Morgan fingerprint density at radius 2 is 1.43 bits per heavy atom. The van der Waals surface area contributed by atoms with E-state index in [2.05, 4.69) is 0 Å². The maximum Gasteiger partial charge on any atom is 0.335 e. The second kappa shape index (κ2) is 6.17. The molecule has 1 N–H and O–H groups in total. The predicted molar refractivity (Wildman–Crippen MR) is 78.5 cm³/mol. The Bertz CT molecular complexity index is 646. The van der Waals surface area contributed by atoms with E-state index in [4.69, 9.17) is 19.3 Å². The summed E-state index contributed by atoms with van der Waals surface area (Å²) in [5.74, 6) is 0.775. The van der Waals surface area contributed by atoms with Gasteiger partial charge in [0.15, 0.2) is 11.5 Å². The molecule has 5 nitrogen and oxygen atoms in total. The SMILES string of the molecule is COc1ccc(OC)c(-c2ccc(C(=O)O)cc2)c1OC. The molecule has 21 heavy (non-hydrogen) atoms. The minimum atomic E-state index is -0.967. The monoisotopic (exact) mass is 288 g/mol. The van der Waals surface area contributed by atoms with Crippen LogP contribution in [-0.4, -0.2) is 32.4 Å². The summed E-state index contributed by atoms with van der Waals surface area (Å²) in [4.78, 5) is 10.9. The number of rotatable bonds is 5. The van der Waals surface area contributed by atoms with Crippen LogP contribution >= 0.6 is 0 Å². The highest BCUT2D eigenvalue weighted by Gasteiger charge is 2.17. The number of hydrogen-bond donors (Lipinski definition) is 1. The van der Waals surface area contributed by atoms with Gasteiger partial charge in [0.1, 0.15) is 5.75 Å². The van der Waals surface area contributed by atoms with E-state index in [0.29, 0.717) is 17.2 Å². The molecular weight excluding hydrogens is 272 g/mol. The Hall–Kier alpha value is -2.69. The smallest absolute Gasteiger partial charge is 0.335 e. The zero-order valence-electron chi connectivity index (χ0n) is 12.0. The van der Waals surface area contributed by atoms with Gasteiger partial charge in [0.25, 0.3) is 0 Å². The van der Waals surface area contributed by atoms with Gasteiger partial charge >= 0.3 is 5.97 Å². The molecule has 0 radical (unpaired) electrons. The maximum absolute atomic E-state index is 10.9. The van der Waals surface area contributed by atoms with Gasteiger partial charge in [-0.2, -0.15) is 0 Å². The van der Waals surface area contributed by atoms with Crippen LogP contribution in [0.1, 0.15) is 10.4 Å². The third-order valence-electron chi connectivity index (χ3n) is 3.15. The summed E-state index contributed by atoms with van der Waals surface area (Å²) >= 11 is 0. The summed E-state index contributed by atoms with van der Waals surface area (Å²) in [5, 5.41) is 8.96. The van der Waals surface area contributed by atoms with Crippen LogP contribution in [0.2, 0.25) is 0 Å². The molecular formula is C16H16O5. The van der Waals surface area contributed by atoms with Crippen LogP contribution < -0.4 is 14.2 Å². The fourth-order valence-electron chi connectivity index (χ4n) is 2.13. The van der Waals surface area contributed by atoms with E-state index >= 15 is 0 Å². The molecule has 0 aromatic heterocycles. The molecule has 0 spiro atoms. The van der Waals surface area contributed by atoms with Gasteiger partial charge < -0.3 is 19.3 Å². The molecule has 2 aromatic carbocycles. The van der Waals surface area contributed by atoms with E-state index in [-0.39, 0.29) is 5.56 Å². The van der Waals surface area contributed by atoms with Crippen molar-refractivity contribution >= 4 is 5.97 Å². The number of methoxy groups -OCH3 is 3. The number of ether oxygens (including phenoxy) is 3.